The van der Waals surface area contributed by atoms with Gasteiger partial charge in [-0.1, -0.05) is 36.4 Å². The van der Waals surface area contributed by atoms with Crippen LogP contribution in [0.5, 0.6) is 0 Å². The third-order valence-corrected chi connectivity index (χ3v) is 5.10. The SMILES string of the molecule is CC(O)N(c1ccc2c(c1)C(=Cc1ccc3ccccc3c1)C(O)N2)C(C)O. The standard InChI is InChI=1S/C23H24N2O3/c1-14(26)25(15(2)27)19-9-10-22-20(13-19)21(23(28)24-22)12-16-7-8-17-5-3-4-6-18(17)11-16/h3-15,23-24,26-28H,1-2H3. The maximum atomic E-state index is 10.5. The van der Waals surface area contributed by atoms with Gasteiger partial charge in [0.25, 0.3) is 0 Å². The molecule has 0 saturated heterocycles. The zero-order valence-electron chi connectivity index (χ0n) is 15.9. The molecule has 0 aliphatic carbocycles. The molecule has 0 bridgehead atoms. The minimum Gasteiger partial charge on any atom is -0.374 e. The van der Waals surface area contributed by atoms with Gasteiger partial charge in [-0.15, -0.1) is 0 Å². The maximum Gasteiger partial charge on any atom is 0.151 e. The Bertz CT molecular complexity index is 1030. The fraction of sp³-hybridized carbons (Fsp3) is 0.217. The molecule has 0 amide bonds. The molecule has 1 aliphatic heterocycles. The molecule has 1 aliphatic rings. The Morgan fingerprint density at radius 2 is 1.64 bits per heavy atom. The first-order chi connectivity index (χ1) is 13.4. The smallest absolute Gasteiger partial charge is 0.151 e. The highest BCUT2D eigenvalue weighted by Gasteiger charge is 2.26. The second kappa shape index (κ2) is 7.28. The lowest BCUT2D eigenvalue weighted by atomic mass is 10.0. The molecule has 0 spiro atoms. The van der Waals surface area contributed by atoms with Crippen molar-refractivity contribution in [2.24, 2.45) is 0 Å². The lowest BCUT2D eigenvalue weighted by Gasteiger charge is -2.30. The van der Waals surface area contributed by atoms with E-state index in [9.17, 15) is 15.3 Å². The molecule has 0 aromatic heterocycles. The molecule has 3 unspecified atom stereocenters. The summed E-state index contributed by atoms with van der Waals surface area (Å²) in [5.41, 5.74) is 4.10. The summed E-state index contributed by atoms with van der Waals surface area (Å²) in [4.78, 5) is 1.51. The number of nitrogens with one attached hydrogen (secondary N) is 1. The molecule has 5 heteroatoms. The van der Waals surface area contributed by atoms with Crippen LogP contribution < -0.4 is 10.2 Å². The van der Waals surface area contributed by atoms with Crippen LogP contribution in [0.4, 0.5) is 11.4 Å². The number of aliphatic hydroxyl groups excluding tert-OH is 3. The molecule has 4 N–H and O–H groups in total. The minimum atomic E-state index is -0.842. The Balaban J connectivity index is 1.77. The van der Waals surface area contributed by atoms with Gasteiger partial charge in [-0.3, -0.25) is 0 Å². The van der Waals surface area contributed by atoms with Crippen molar-refractivity contribution < 1.29 is 15.3 Å². The van der Waals surface area contributed by atoms with Crippen molar-refractivity contribution in [2.45, 2.75) is 32.5 Å². The molecular weight excluding hydrogens is 352 g/mol. The molecule has 144 valence electrons. The quantitative estimate of drug-likeness (QED) is 0.524. The van der Waals surface area contributed by atoms with Gasteiger partial charge in [0.2, 0.25) is 0 Å². The predicted molar refractivity (Wildman–Crippen MR) is 114 cm³/mol. The lowest BCUT2D eigenvalue weighted by Crippen LogP contribution is -2.40. The van der Waals surface area contributed by atoms with Crippen molar-refractivity contribution in [1.82, 2.24) is 0 Å². The Morgan fingerprint density at radius 1 is 0.929 bits per heavy atom. The maximum absolute atomic E-state index is 10.5. The van der Waals surface area contributed by atoms with Gasteiger partial charge in [0.15, 0.2) is 6.23 Å². The number of aliphatic hydroxyl groups is 3. The van der Waals surface area contributed by atoms with Crippen LogP contribution in [0.15, 0.2) is 60.7 Å². The van der Waals surface area contributed by atoms with E-state index in [4.69, 9.17) is 0 Å². The van der Waals surface area contributed by atoms with Crippen LogP contribution in [0.1, 0.15) is 25.0 Å². The van der Waals surface area contributed by atoms with Crippen LogP contribution in [-0.2, 0) is 0 Å². The van der Waals surface area contributed by atoms with Crippen molar-refractivity contribution >= 4 is 33.8 Å². The molecule has 0 radical (unpaired) electrons. The van der Waals surface area contributed by atoms with Crippen LogP contribution in [0, 0.1) is 0 Å². The molecule has 3 aromatic rings. The highest BCUT2D eigenvalue weighted by molar-refractivity contribution is 5.96. The van der Waals surface area contributed by atoms with Crippen molar-refractivity contribution in [2.75, 3.05) is 10.2 Å². The Morgan fingerprint density at radius 3 is 2.36 bits per heavy atom. The van der Waals surface area contributed by atoms with Crippen LogP contribution in [-0.4, -0.2) is 34.0 Å². The topological polar surface area (TPSA) is 76.0 Å². The van der Waals surface area contributed by atoms with Crippen LogP contribution >= 0.6 is 0 Å². The van der Waals surface area contributed by atoms with E-state index in [-0.39, 0.29) is 0 Å². The van der Waals surface area contributed by atoms with E-state index in [0.717, 1.165) is 27.8 Å². The van der Waals surface area contributed by atoms with Gasteiger partial charge in [0.1, 0.15) is 12.5 Å². The summed E-state index contributed by atoms with van der Waals surface area (Å²) >= 11 is 0. The number of hydrogen-bond donors (Lipinski definition) is 4. The second-order valence-corrected chi connectivity index (χ2v) is 7.15. The molecule has 0 fully saturated rings. The molecular formula is C23H24N2O3. The molecule has 3 atom stereocenters. The third-order valence-electron chi connectivity index (χ3n) is 5.10. The fourth-order valence-corrected chi connectivity index (χ4v) is 3.81. The zero-order valence-corrected chi connectivity index (χ0v) is 15.9. The van der Waals surface area contributed by atoms with Gasteiger partial charge in [-0.25, -0.2) is 0 Å². The Labute approximate surface area is 164 Å². The van der Waals surface area contributed by atoms with Crippen LogP contribution in [0.25, 0.3) is 22.4 Å². The molecule has 1 heterocycles. The highest BCUT2D eigenvalue weighted by Crippen LogP contribution is 2.38. The summed E-state index contributed by atoms with van der Waals surface area (Å²) in [5, 5.41) is 36.0. The number of rotatable bonds is 4. The Kier molecular flexibility index (Phi) is 4.81. The van der Waals surface area contributed by atoms with Crippen molar-refractivity contribution in [1.29, 1.82) is 0 Å². The fourth-order valence-electron chi connectivity index (χ4n) is 3.81. The van der Waals surface area contributed by atoms with E-state index in [1.807, 2.05) is 42.5 Å². The van der Waals surface area contributed by atoms with E-state index in [1.165, 1.54) is 10.3 Å². The van der Waals surface area contributed by atoms with Gasteiger partial charge >= 0.3 is 0 Å². The first-order valence-electron chi connectivity index (χ1n) is 9.38. The monoisotopic (exact) mass is 376 g/mol. The van der Waals surface area contributed by atoms with Gasteiger partial charge in [-0.2, -0.15) is 0 Å². The summed E-state index contributed by atoms with van der Waals surface area (Å²) in [7, 11) is 0. The summed E-state index contributed by atoms with van der Waals surface area (Å²) in [6.07, 6.45) is -0.534. The minimum absolute atomic E-state index is 0.684. The molecule has 4 rings (SSSR count). The van der Waals surface area contributed by atoms with E-state index in [2.05, 4.69) is 29.6 Å². The second-order valence-electron chi connectivity index (χ2n) is 7.15. The largest absolute Gasteiger partial charge is 0.374 e. The van der Waals surface area contributed by atoms with Gasteiger partial charge in [0.05, 0.1) is 0 Å². The summed E-state index contributed by atoms with van der Waals surface area (Å²) in [6, 6.07) is 19.9. The lowest BCUT2D eigenvalue weighted by molar-refractivity contribution is 0.105. The van der Waals surface area contributed by atoms with Crippen molar-refractivity contribution in [3.63, 3.8) is 0 Å². The number of anilines is 2. The van der Waals surface area contributed by atoms with Gasteiger partial charge in [-0.05, 0) is 60.5 Å². The summed E-state index contributed by atoms with van der Waals surface area (Å²) < 4.78 is 0. The van der Waals surface area contributed by atoms with Gasteiger partial charge in [0, 0.05) is 22.5 Å². The normalized spacial score (nSPS) is 19.3. The van der Waals surface area contributed by atoms with E-state index >= 15 is 0 Å². The predicted octanol–water partition coefficient (Wildman–Crippen LogP) is 3.61. The summed E-state index contributed by atoms with van der Waals surface area (Å²) in [5.74, 6) is 0. The molecule has 5 nitrogen and oxygen atoms in total. The van der Waals surface area contributed by atoms with Crippen LogP contribution in [0.2, 0.25) is 0 Å². The number of fused-ring (bicyclic) bond motifs is 2. The van der Waals surface area contributed by atoms with Crippen molar-refractivity contribution in [3.8, 4) is 0 Å². The van der Waals surface area contributed by atoms with Crippen LogP contribution in [0.3, 0.4) is 0 Å². The molecule has 28 heavy (non-hydrogen) atoms. The third kappa shape index (κ3) is 3.36. The highest BCUT2D eigenvalue weighted by atomic mass is 16.3. The molecule has 3 aromatic carbocycles. The number of nitrogens with zero attached hydrogens (tertiary/aromatic N) is 1. The van der Waals surface area contributed by atoms with E-state index < -0.39 is 18.7 Å². The summed E-state index contributed by atoms with van der Waals surface area (Å²) in [6.45, 7) is 3.22. The van der Waals surface area contributed by atoms with Crippen molar-refractivity contribution in [3.05, 3.63) is 71.8 Å². The number of hydrogen-bond acceptors (Lipinski definition) is 5. The van der Waals surface area contributed by atoms with E-state index in [0.29, 0.717) is 5.69 Å². The first-order valence-corrected chi connectivity index (χ1v) is 9.38. The molecule has 0 saturated carbocycles. The Hall–Kier alpha value is -2.86. The number of benzene rings is 3. The van der Waals surface area contributed by atoms with Gasteiger partial charge < -0.3 is 25.5 Å². The first kappa shape index (κ1) is 18.5. The van der Waals surface area contributed by atoms with E-state index in [1.54, 1.807) is 13.8 Å². The average Bonchev–Trinajstić information content (AvgIpc) is 2.96. The average molecular weight is 376 g/mol. The zero-order chi connectivity index (χ0) is 19.8.